The zero-order chi connectivity index (χ0) is 19.6. The number of anilines is 1. The van der Waals surface area contributed by atoms with Crippen LogP contribution in [0.25, 0.3) is 0 Å². The van der Waals surface area contributed by atoms with E-state index in [-0.39, 0.29) is 11.9 Å². The molecule has 140 valence electrons. The number of nitrogens with one attached hydrogen (secondary N) is 2. The van der Waals surface area contributed by atoms with E-state index in [0.29, 0.717) is 28.8 Å². The molecular formula is C19H19BrN4O2S. The molecule has 1 atom stereocenters. The third-order valence-corrected chi connectivity index (χ3v) is 5.09. The van der Waals surface area contributed by atoms with Crippen LogP contribution in [-0.2, 0) is 4.79 Å². The Kier molecular flexibility index (Phi) is 5.76. The lowest BCUT2D eigenvalue weighted by atomic mass is 9.94. The van der Waals surface area contributed by atoms with Gasteiger partial charge in [-0.1, -0.05) is 39.3 Å². The number of carbonyl (C=O) groups is 1. The molecule has 2 aromatic rings. The number of amides is 1. The summed E-state index contributed by atoms with van der Waals surface area (Å²) in [4.78, 5) is 14.9. The quantitative estimate of drug-likeness (QED) is 0.532. The van der Waals surface area contributed by atoms with Gasteiger partial charge in [0.05, 0.1) is 11.6 Å². The van der Waals surface area contributed by atoms with Crippen molar-refractivity contribution in [1.82, 2.24) is 15.4 Å². The summed E-state index contributed by atoms with van der Waals surface area (Å²) in [6.07, 6.45) is 1.74. The first-order chi connectivity index (χ1) is 12.9. The second-order valence-corrected chi connectivity index (χ2v) is 7.41. The molecule has 0 unspecified atom stereocenters. The van der Waals surface area contributed by atoms with E-state index >= 15 is 0 Å². The maximum Gasteiger partial charge on any atom is 0.257 e. The van der Waals surface area contributed by atoms with Crippen molar-refractivity contribution < 1.29 is 9.32 Å². The summed E-state index contributed by atoms with van der Waals surface area (Å²) in [5, 5.41) is 10.5. The molecule has 1 aliphatic heterocycles. The molecule has 1 amide bonds. The summed E-state index contributed by atoms with van der Waals surface area (Å²) in [6.45, 7) is 7.92. The number of hydrogen-bond acceptors (Lipinski definition) is 4. The highest BCUT2D eigenvalue weighted by molar-refractivity contribution is 9.10. The number of aryl methyl sites for hydroxylation is 1. The fraction of sp³-hybridized carbons (Fsp3) is 0.211. The van der Waals surface area contributed by atoms with Crippen molar-refractivity contribution in [2.75, 3.05) is 11.9 Å². The summed E-state index contributed by atoms with van der Waals surface area (Å²) < 4.78 is 6.00. The Morgan fingerprint density at radius 3 is 2.74 bits per heavy atom. The predicted octanol–water partition coefficient (Wildman–Crippen LogP) is 4.08. The van der Waals surface area contributed by atoms with E-state index in [1.807, 2.05) is 36.1 Å². The SMILES string of the molecule is C=CCN1C(=S)N[C@H](c2ccc(Br)cc2)C(C(=O)Nc2cc(C)on2)=C1C. The minimum Gasteiger partial charge on any atom is -0.360 e. The average Bonchev–Trinajstić information content (AvgIpc) is 3.03. The molecule has 0 saturated carbocycles. The predicted molar refractivity (Wildman–Crippen MR) is 112 cm³/mol. The normalized spacial score (nSPS) is 16.9. The van der Waals surface area contributed by atoms with E-state index in [1.165, 1.54) is 0 Å². The van der Waals surface area contributed by atoms with Crippen molar-refractivity contribution in [2.45, 2.75) is 19.9 Å². The van der Waals surface area contributed by atoms with Gasteiger partial charge in [-0.25, -0.2) is 0 Å². The molecule has 2 heterocycles. The topological polar surface area (TPSA) is 70.4 Å². The molecule has 0 spiro atoms. The zero-order valence-corrected chi connectivity index (χ0v) is 17.4. The lowest BCUT2D eigenvalue weighted by Crippen LogP contribution is -2.48. The van der Waals surface area contributed by atoms with Gasteiger partial charge in [-0.3, -0.25) is 4.79 Å². The van der Waals surface area contributed by atoms with E-state index in [4.69, 9.17) is 16.7 Å². The van der Waals surface area contributed by atoms with Crippen LogP contribution in [-0.4, -0.2) is 27.6 Å². The van der Waals surface area contributed by atoms with Crippen LogP contribution in [0.4, 0.5) is 5.82 Å². The Morgan fingerprint density at radius 2 is 2.15 bits per heavy atom. The lowest BCUT2D eigenvalue weighted by molar-refractivity contribution is -0.113. The number of aromatic nitrogens is 1. The van der Waals surface area contributed by atoms with Crippen LogP contribution < -0.4 is 10.6 Å². The summed E-state index contributed by atoms with van der Waals surface area (Å²) in [5.41, 5.74) is 2.26. The van der Waals surface area contributed by atoms with E-state index in [1.54, 1.807) is 19.1 Å². The highest BCUT2D eigenvalue weighted by atomic mass is 79.9. The molecule has 1 aliphatic rings. The Morgan fingerprint density at radius 1 is 1.44 bits per heavy atom. The molecule has 0 bridgehead atoms. The fourth-order valence-corrected chi connectivity index (χ4v) is 3.53. The van der Waals surface area contributed by atoms with E-state index < -0.39 is 0 Å². The van der Waals surface area contributed by atoms with Crippen LogP contribution in [0.5, 0.6) is 0 Å². The van der Waals surface area contributed by atoms with Gasteiger partial charge in [0.25, 0.3) is 5.91 Å². The molecular weight excluding hydrogens is 428 g/mol. The standard InChI is InChI=1S/C19H19BrN4O2S/c1-4-9-24-12(3)16(18(25)21-15-10-11(2)26-23-15)17(22-19(24)27)13-5-7-14(20)8-6-13/h4-8,10,17H,1,9H2,2-3H3,(H,22,27)(H,21,23,25)/t17-/m1/s1. The Labute approximate surface area is 171 Å². The van der Waals surface area contributed by atoms with E-state index in [0.717, 1.165) is 15.7 Å². The van der Waals surface area contributed by atoms with E-state index in [9.17, 15) is 4.79 Å². The number of benzene rings is 1. The molecule has 0 saturated heterocycles. The van der Waals surface area contributed by atoms with Gasteiger partial charge in [0.15, 0.2) is 10.9 Å². The van der Waals surface area contributed by atoms with Gasteiger partial charge in [-0.15, -0.1) is 6.58 Å². The summed E-state index contributed by atoms with van der Waals surface area (Å²) in [5.74, 6) is 0.727. The number of thiocarbonyl (C=S) groups is 1. The maximum atomic E-state index is 13.1. The van der Waals surface area contributed by atoms with Crippen LogP contribution in [0, 0.1) is 6.92 Å². The van der Waals surface area contributed by atoms with Crippen molar-refractivity contribution in [3.8, 4) is 0 Å². The van der Waals surface area contributed by atoms with E-state index in [2.05, 4.69) is 38.3 Å². The third-order valence-electron chi connectivity index (χ3n) is 4.23. The Bertz CT molecular complexity index is 920. The Hall–Kier alpha value is -2.45. The van der Waals surface area contributed by atoms with Gasteiger partial charge in [0.2, 0.25) is 0 Å². The van der Waals surface area contributed by atoms with Crippen molar-refractivity contribution in [3.63, 3.8) is 0 Å². The zero-order valence-electron chi connectivity index (χ0n) is 15.0. The summed E-state index contributed by atoms with van der Waals surface area (Å²) in [6, 6.07) is 9.07. The second kappa shape index (κ2) is 8.06. The molecule has 8 heteroatoms. The molecule has 1 aromatic carbocycles. The number of hydrogen-bond donors (Lipinski definition) is 2. The molecule has 27 heavy (non-hydrogen) atoms. The van der Waals surface area contributed by atoms with Gasteiger partial charge < -0.3 is 20.1 Å². The van der Waals surface area contributed by atoms with Gasteiger partial charge >= 0.3 is 0 Å². The average molecular weight is 447 g/mol. The molecule has 1 aromatic heterocycles. The second-order valence-electron chi connectivity index (χ2n) is 6.11. The number of nitrogens with zero attached hydrogens (tertiary/aromatic N) is 2. The highest BCUT2D eigenvalue weighted by Gasteiger charge is 2.33. The Balaban J connectivity index is 2.02. The first kappa shape index (κ1) is 19.3. The molecule has 0 fully saturated rings. The molecule has 0 aliphatic carbocycles. The van der Waals surface area contributed by atoms with Gasteiger partial charge in [0, 0.05) is 22.8 Å². The number of halogens is 1. The summed E-state index contributed by atoms with van der Waals surface area (Å²) >= 11 is 8.95. The molecule has 2 N–H and O–H groups in total. The smallest absolute Gasteiger partial charge is 0.257 e. The van der Waals surface area contributed by atoms with Crippen LogP contribution in [0.1, 0.15) is 24.3 Å². The first-order valence-corrected chi connectivity index (χ1v) is 9.50. The number of carbonyl (C=O) groups excluding carboxylic acids is 1. The monoisotopic (exact) mass is 446 g/mol. The van der Waals surface area contributed by atoms with Crippen LogP contribution >= 0.6 is 28.1 Å². The van der Waals surface area contributed by atoms with Gasteiger partial charge in [0.1, 0.15) is 5.76 Å². The van der Waals surface area contributed by atoms with Crippen molar-refractivity contribution in [2.24, 2.45) is 0 Å². The van der Waals surface area contributed by atoms with Gasteiger partial charge in [-0.05, 0) is 43.8 Å². The van der Waals surface area contributed by atoms with Crippen molar-refractivity contribution >= 4 is 45.0 Å². The number of rotatable bonds is 5. The molecule has 0 radical (unpaired) electrons. The molecule has 6 nitrogen and oxygen atoms in total. The van der Waals surface area contributed by atoms with Crippen LogP contribution in [0.3, 0.4) is 0 Å². The van der Waals surface area contributed by atoms with Gasteiger partial charge in [-0.2, -0.15) is 0 Å². The minimum absolute atomic E-state index is 0.266. The molecule has 3 rings (SSSR count). The largest absolute Gasteiger partial charge is 0.360 e. The highest BCUT2D eigenvalue weighted by Crippen LogP contribution is 2.32. The number of allylic oxidation sites excluding steroid dienone is 1. The lowest BCUT2D eigenvalue weighted by Gasteiger charge is -2.37. The van der Waals surface area contributed by atoms with Crippen molar-refractivity contribution in [1.29, 1.82) is 0 Å². The maximum absolute atomic E-state index is 13.1. The first-order valence-electron chi connectivity index (χ1n) is 8.30. The van der Waals surface area contributed by atoms with Crippen LogP contribution in [0.2, 0.25) is 0 Å². The van der Waals surface area contributed by atoms with Crippen molar-refractivity contribution in [3.05, 3.63) is 70.1 Å². The minimum atomic E-state index is -0.375. The summed E-state index contributed by atoms with van der Waals surface area (Å²) in [7, 11) is 0. The van der Waals surface area contributed by atoms with Crippen LogP contribution in [0.15, 0.2) is 63.3 Å². The third kappa shape index (κ3) is 4.12. The fourth-order valence-electron chi connectivity index (χ4n) is 2.94.